The summed E-state index contributed by atoms with van der Waals surface area (Å²) in [4.78, 5) is 45.7. The minimum absolute atomic E-state index is 0.0552. The normalized spacial score (nSPS) is 12.9. The van der Waals surface area contributed by atoms with Crippen LogP contribution in [0.25, 0.3) is 0 Å². The largest absolute Gasteiger partial charge is 0.481 e. The first kappa shape index (κ1) is 35.6. The van der Waals surface area contributed by atoms with Crippen molar-refractivity contribution in [2.45, 2.75) is 25.7 Å². The summed E-state index contributed by atoms with van der Waals surface area (Å²) in [6.07, 6.45) is 3.70. The molecule has 0 spiro atoms. The fraction of sp³-hybridized carbons (Fsp3) is 0.769. The van der Waals surface area contributed by atoms with E-state index in [9.17, 15) is 19.2 Å². The molecule has 0 aromatic rings. The van der Waals surface area contributed by atoms with E-state index in [2.05, 4.69) is 0 Å². The highest BCUT2D eigenvalue weighted by Gasteiger charge is 2.22. The van der Waals surface area contributed by atoms with E-state index < -0.39 is 5.97 Å². The minimum Gasteiger partial charge on any atom is -0.481 e. The zero-order valence-corrected chi connectivity index (χ0v) is 23.1. The van der Waals surface area contributed by atoms with Crippen molar-refractivity contribution in [3.8, 4) is 0 Å². The number of carbonyl (C=O) groups excluding carboxylic acids is 3. The van der Waals surface area contributed by atoms with E-state index >= 15 is 0 Å². The maximum atomic E-state index is 11.4. The maximum absolute atomic E-state index is 11.4. The van der Waals surface area contributed by atoms with Gasteiger partial charge in [0.25, 0.3) is 11.8 Å². The molecule has 230 valence electrons. The predicted molar refractivity (Wildman–Crippen MR) is 139 cm³/mol. The summed E-state index contributed by atoms with van der Waals surface area (Å²) in [6, 6.07) is 0. The second-order valence-electron chi connectivity index (χ2n) is 8.27. The molecule has 1 N–H and O–H groups in total. The first-order valence-electron chi connectivity index (χ1n) is 13.5. The Hall–Kier alpha value is -2.46. The Morgan fingerprint density at radius 2 is 0.900 bits per heavy atom. The predicted octanol–water partition coefficient (Wildman–Crippen LogP) is 0.216. The average Bonchev–Trinajstić information content (AvgIpc) is 3.25. The van der Waals surface area contributed by atoms with Crippen LogP contribution in [0.5, 0.6) is 0 Å². The van der Waals surface area contributed by atoms with E-state index in [1.165, 1.54) is 12.2 Å². The molecule has 14 nitrogen and oxygen atoms in total. The molecule has 0 saturated heterocycles. The van der Waals surface area contributed by atoms with E-state index in [-0.39, 0.29) is 57.0 Å². The highest BCUT2D eigenvalue weighted by atomic mass is 16.6. The summed E-state index contributed by atoms with van der Waals surface area (Å²) in [5, 5.41) is 8.53. The topological polar surface area (TPSA) is 166 Å². The van der Waals surface area contributed by atoms with Gasteiger partial charge in [-0.05, 0) is 12.8 Å². The van der Waals surface area contributed by atoms with Gasteiger partial charge in [0.05, 0.1) is 99.0 Å². The minimum atomic E-state index is -0.868. The number of carboxylic acids is 1. The van der Waals surface area contributed by atoms with Crippen molar-refractivity contribution in [2.75, 3.05) is 106 Å². The lowest BCUT2D eigenvalue weighted by molar-refractivity contribution is -0.146. The molecule has 1 aliphatic heterocycles. The van der Waals surface area contributed by atoms with Gasteiger partial charge in [-0.15, -0.1) is 0 Å². The van der Waals surface area contributed by atoms with Gasteiger partial charge in [0.15, 0.2) is 0 Å². The van der Waals surface area contributed by atoms with Crippen LogP contribution in [0.2, 0.25) is 0 Å². The van der Waals surface area contributed by atoms with Gasteiger partial charge in [-0.3, -0.25) is 24.1 Å². The monoisotopic (exact) mass is 577 g/mol. The third kappa shape index (κ3) is 21.4. The lowest BCUT2D eigenvalue weighted by Gasteiger charge is -2.13. The summed E-state index contributed by atoms with van der Waals surface area (Å²) in [5.41, 5.74) is 0. The second kappa shape index (κ2) is 25.5. The van der Waals surface area contributed by atoms with Crippen molar-refractivity contribution >= 4 is 23.8 Å². The number of hydrogen-bond donors (Lipinski definition) is 1. The van der Waals surface area contributed by atoms with Crippen LogP contribution in [0.4, 0.5) is 0 Å². The van der Waals surface area contributed by atoms with Crippen molar-refractivity contribution in [1.29, 1.82) is 0 Å². The standard InChI is InChI=1S/C26H43NO13/c28-23-5-6-24(29)27(23)7-8-33-9-10-34-11-12-35-13-14-36-15-16-37-17-18-38-19-20-39-21-22-40-26(32)4-2-1-3-25(30)31/h5-6H,1-4,7-22H2,(H,30,31). The summed E-state index contributed by atoms with van der Waals surface area (Å²) < 4.78 is 42.6. The molecule has 14 heteroatoms. The molecule has 0 unspecified atom stereocenters. The molecule has 0 bridgehead atoms. The molecule has 0 aromatic heterocycles. The third-order valence-electron chi connectivity index (χ3n) is 5.10. The Bertz CT molecular complexity index is 713. The molecule has 2 amide bonds. The van der Waals surface area contributed by atoms with Crippen LogP contribution in [0, 0.1) is 0 Å². The van der Waals surface area contributed by atoms with Crippen molar-refractivity contribution in [1.82, 2.24) is 4.90 Å². The van der Waals surface area contributed by atoms with E-state index in [0.717, 1.165) is 4.90 Å². The number of carbonyl (C=O) groups is 4. The number of hydrogen-bond acceptors (Lipinski definition) is 12. The molecule has 0 aromatic carbocycles. The highest BCUT2D eigenvalue weighted by molar-refractivity contribution is 6.12. The highest BCUT2D eigenvalue weighted by Crippen LogP contribution is 2.03. The summed E-state index contributed by atoms with van der Waals surface area (Å²) >= 11 is 0. The van der Waals surface area contributed by atoms with Gasteiger partial charge in [-0.25, -0.2) is 0 Å². The van der Waals surface area contributed by atoms with Crippen LogP contribution in [0.1, 0.15) is 25.7 Å². The molecule has 1 heterocycles. The fourth-order valence-electron chi connectivity index (χ4n) is 3.06. The number of amides is 2. The van der Waals surface area contributed by atoms with E-state index in [1.807, 2.05) is 0 Å². The van der Waals surface area contributed by atoms with Crippen molar-refractivity contribution < 1.29 is 62.2 Å². The lowest BCUT2D eigenvalue weighted by atomic mass is 10.2. The van der Waals surface area contributed by atoms with E-state index in [1.54, 1.807) is 0 Å². The van der Waals surface area contributed by atoms with Crippen LogP contribution in [-0.4, -0.2) is 139 Å². The van der Waals surface area contributed by atoms with Crippen LogP contribution in [0.3, 0.4) is 0 Å². The SMILES string of the molecule is O=C(O)CCCCC(=O)OCCOCCOCCOCCOCCOCCOCCOCCN1C(=O)C=CC1=O. The van der Waals surface area contributed by atoms with E-state index in [0.29, 0.717) is 92.1 Å². The Morgan fingerprint density at radius 1 is 0.550 bits per heavy atom. The third-order valence-corrected chi connectivity index (χ3v) is 5.10. The zero-order valence-electron chi connectivity index (χ0n) is 23.1. The smallest absolute Gasteiger partial charge is 0.305 e. The number of ether oxygens (including phenoxy) is 8. The van der Waals surface area contributed by atoms with Gasteiger partial charge >= 0.3 is 11.9 Å². The molecule has 1 rings (SSSR count). The molecule has 0 saturated carbocycles. The van der Waals surface area contributed by atoms with Gasteiger partial charge in [0.2, 0.25) is 0 Å². The number of imide groups is 1. The Kier molecular flexibility index (Phi) is 22.7. The molecule has 40 heavy (non-hydrogen) atoms. The van der Waals surface area contributed by atoms with Crippen molar-refractivity contribution in [3.05, 3.63) is 12.2 Å². The second-order valence-corrected chi connectivity index (χ2v) is 8.27. The molecule has 0 radical (unpaired) electrons. The van der Waals surface area contributed by atoms with Gasteiger partial charge in [0.1, 0.15) is 6.61 Å². The van der Waals surface area contributed by atoms with Gasteiger partial charge in [-0.1, -0.05) is 0 Å². The Balaban J connectivity index is 1.67. The molecular weight excluding hydrogens is 534 g/mol. The molecule has 0 atom stereocenters. The van der Waals surface area contributed by atoms with Crippen LogP contribution in [-0.2, 0) is 57.1 Å². The molecule has 0 aliphatic carbocycles. The summed E-state index contributed by atoms with van der Waals surface area (Å²) in [7, 11) is 0. The zero-order chi connectivity index (χ0) is 29.1. The molecule has 1 aliphatic rings. The fourth-order valence-corrected chi connectivity index (χ4v) is 3.06. The van der Waals surface area contributed by atoms with Gasteiger partial charge < -0.3 is 43.0 Å². The Labute approximate surface area is 234 Å². The van der Waals surface area contributed by atoms with Gasteiger partial charge in [0, 0.05) is 25.0 Å². The maximum Gasteiger partial charge on any atom is 0.305 e. The number of esters is 1. The quantitative estimate of drug-likeness (QED) is 0.0729. The van der Waals surface area contributed by atoms with E-state index in [4.69, 9.17) is 43.0 Å². The number of aliphatic carboxylic acids is 1. The number of nitrogens with zero attached hydrogens (tertiary/aromatic N) is 1. The first-order chi connectivity index (χ1) is 19.5. The van der Waals surface area contributed by atoms with Crippen LogP contribution < -0.4 is 0 Å². The summed E-state index contributed by atoms with van der Waals surface area (Å²) in [6.45, 7) is 5.98. The number of rotatable bonds is 29. The lowest BCUT2D eigenvalue weighted by Crippen LogP contribution is -2.33. The van der Waals surface area contributed by atoms with Crippen molar-refractivity contribution in [3.63, 3.8) is 0 Å². The number of unbranched alkanes of at least 4 members (excludes halogenated alkanes) is 1. The molecular formula is C26H43NO13. The first-order valence-corrected chi connectivity index (χ1v) is 13.5. The molecule has 0 fully saturated rings. The average molecular weight is 578 g/mol. The van der Waals surface area contributed by atoms with Gasteiger partial charge in [-0.2, -0.15) is 0 Å². The summed E-state index contributed by atoms with van der Waals surface area (Å²) in [5.74, 6) is -1.85. The van der Waals surface area contributed by atoms with Crippen LogP contribution in [0.15, 0.2) is 12.2 Å². The van der Waals surface area contributed by atoms with Crippen LogP contribution >= 0.6 is 0 Å². The Morgan fingerprint density at radius 3 is 1.30 bits per heavy atom. The number of carboxylic acid groups (broad SMARTS) is 1. The van der Waals surface area contributed by atoms with Crippen molar-refractivity contribution in [2.24, 2.45) is 0 Å².